The lowest BCUT2D eigenvalue weighted by atomic mass is 10.1. The van der Waals surface area contributed by atoms with E-state index >= 15 is 0 Å². The van der Waals surface area contributed by atoms with Crippen molar-refractivity contribution in [2.45, 2.75) is 25.7 Å². The summed E-state index contributed by atoms with van der Waals surface area (Å²) >= 11 is 0. The van der Waals surface area contributed by atoms with Crippen LogP contribution in [0.2, 0.25) is 0 Å². The summed E-state index contributed by atoms with van der Waals surface area (Å²) in [5.74, 6) is -0.0108. The SMILES string of the molecule is N#Cc1ccc(NC(=O)CCc2ccc(N3CCCC3)cc2)cc1. The van der Waals surface area contributed by atoms with Crippen molar-refractivity contribution in [2.24, 2.45) is 0 Å². The van der Waals surface area contributed by atoms with Crippen molar-refractivity contribution < 1.29 is 4.79 Å². The van der Waals surface area contributed by atoms with E-state index in [-0.39, 0.29) is 5.91 Å². The van der Waals surface area contributed by atoms with Crippen molar-refractivity contribution in [1.29, 1.82) is 5.26 Å². The summed E-state index contributed by atoms with van der Waals surface area (Å²) in [5.41, 5.74) is 3.76. The predicted molar refractivity (Wildman–Crippen MR) is 96.0 cm³/mol. The molecule has 1 aliphatic rings. The molecule has 4 nitrogen and oxygen atoms in total. The molecule has 24 heavy (non-hydrogen) atoms. The molecule has 1 aliphatic heterocycles. The zero-order valence-corrected chi connectivity index (χ0v) is 13.7. The second-order valence-corrected chi connectivity index (χ2v) is 6.10. The smallest absolute Gasteiger partial charge is 0.224 e. The van der Waals surface area contributed by atoms with E-state index in [9.17, 15) is 4.79 Å². The van der Waals surface area contributed by atoms with Crippen LogP contribution in [0.3, 0.4) is 0 Å². The molecule has 0 aliphatic carbocycles. The van der Waals surface area contributed by atoms with E-state index in [1.165, 1.54) is 24.1 Å². The Hall–Kier alpha value is -2.80. The second-order valence-electron chi connectivity index (χ2n) is 6.10. The van der Waals surface area contributed by atoms with Gasteiger partial charge >= 0.3 is 0 Å². The Labute approximate surface area is 142 Å². The third-order valence-electron chi connectivity index (χ3n) is 4.35. The Kier molecular flexibility index (Phi) is 5.12. The molecule has 0 spiro atoms. The lowest BCUT2D eigenvalue weighted by Gasteiger charge is -2.17. The van der Waals surface area contributed by atoms with Crippen molar-refractivity contribution in [2.75, 3.05) is 23.3 Å². The first-order valence-electron chi connectivity index (χ1n) is 8.38. The molecule has 0 radical (unpaired) electrons. The van der Waals surface area contributed by atoms with Gasteiger partial charge in [0.15, 0.2) is 0 Å². The quantitative estimate of drug-likeness (QED) is 0.913. The summed E-state index contributed by atoms with van der Waals surface area (Å²) in [6, 6.07) is 17.5. The number of anilines is 2. The van der Waals surface area contributed by atoms with Gasteiger partial charge in [-0.15, -0.1) is 0 Å². The summed E-state index contributed by atoms with van der Waals surface area (Å²) in [7, 11) is 0. The topological polar surface area (TPSA) is 56.1 Å². The number of carbonyl (C=O) groups is 1. The van der Waals surface area contributed by atoms with Gasteiger partial charge < -0.3 is 10.2 Å². The van der Waals surface area contributed by atoms with E-state index in [2.05, 4.69) is 40.6 Å². The van der Waals surface area contributed by atoms with Gasteiger partial charge in [0.2, 0.25) is 5.91 Å². The number of nitriles is 1. The van der Waals surface area contributed by atoms with E-state index in [4.69, 9.17) is 5.26 Å². The van der Waals surface area contributed by atoms with Crippen LogP contribution >= 0.6 is 0 Å². The molecule has 0 unspecified atom stereocenters. The van der Waals surface area contributed by atoms with Gasteiger partial charge in [-0.3, -0.25) is 4.79 Å². The van der Waals surface area contributed by atoms with Crippen LogP contribution in [0, 0.1) is 11.3 Å². The van der Waals surface area contributed by atoms with E-state index in [0.29, 0.717) is 12.0 Å². The highest BCUT2D eigenvalue weighted by atomic mass is 16.1. The van der Waals surface area contributed by atoms with E-state index in [1.54, 1.807) is 24.3 Å². The molecule has 3 rings (SSSR count). The van der Waals surface area contributed by atoms with Gasteiger partial charge in [0, 0.05) is 30.9 Å². The summed E-state index contributed by atoms with van der Waals surface area (Å²) in [6.07, 6.45) is 3.72. The Bertz CT molecular complexity index is 723. The van der Waals surface area contributed by atoms with Gasteiger partial charge in [-0.2, -0.15) is 5.26 Å². The maximum atomic E-state index is 12.0. The third-order valence-corrected chi connectivity index (χ3v) is 4.35. The van der Waals surface area contributed by atoms with Crippen LogP contribution in [-0.4, -0.2) is 19.0 Å². The molecule has 0 atom stereocenters. The van der Waals surface area contributed by atoms with Crippen LogP contribution in [-0.2, 0) is 11.2 Å². The van der Waals surface area contributed by atoms with Crippen molar-refractivity contribution in [3.63, 3.8) is 0 Å². The molecular weight excluding hydrogens is 298 g/mol. The molecule has 0 saturated carbocycles. The van der Waals surface area contributed by atoms with Crippen LogP contribution < -0.4 is 10.2 Å². The summed E-state index contributed by atoms with van der Waals surface area (Å²) in [4.78, 5) is 14.4. The summed E-state index contributed by atoms with van der Waals surface area (Å²) < 4.78 is 0. The van der Waals surface area contributed by atoms with Crippen LogP contribution in [0.15, 0.2) is 48.5 Å². The molecule has 1 amide bonds. The van der Waals surface area contributed by atoms with Gasteiger partial charge in [-0.05, 0) is 61.2 Å². The first-order valence-corrected chi connectivity index (χ1v) is 8.38. The zero-order chi connectivity index (χ0) is 16.8. The van der Waals surface area contributed by atoms with Gasteiger partial charge in [-0.1, -0.05) is 12.1 Å². The minimum Gasteiger partial charge on any atom is -0.372 e. The molecule has 0 bridgehead atoms. The maximum Gasteiger partial charge on any atom is 0.224 e. The predicted octanol–water partition coefficient (Wildman–Crippen LogP) is 3.73. The Balaban J connectivity index is 1.49. The lowest BCUT2D eigenvalue weighted by molar-refractivity contribution is -0.116. The molecule has 1 N–H and O–H groups in total. The first-order chi connectivity index (χ1) is 11.7. The number of benzene rings is 2. The molecule has 2 aromatic carbocycles. The van der Waals surface area contributed by atoms with Gasteiger partial charge in [0.25, 0.3) is 0 Å². The summed E-state index contributed by atoms with van der Waals surface area (Å²) in [6.45, 7) is 2.29. The van der Waals surface area contributed by atoms with Crippen LogP contribution in [0.5, 0.6) is 0 Å². The van der Waals surface area contributed by atoms with Crippen LogP contribution in [0.4, 0.5) is 11.4 Å². The minimum absolute atomic E-state index is 0.0108. The first kappa shape index (κ1) is 16.1. The molecule has 1 fully saturated rings. The van der Waals surface area contributed by atoms with Crippen molar-refractivity contribution in [3.8, 4) is 6.07 Å². The van der Waals surface area contributed by atoms with Crippen LogP contribution in [0.25, 0.3) is 0 Å². The standard InChI is InChI=1S/C20H21N3O/c21-15-17-3-8-18(9-4-17)22-20(24)12-7-16-5-10-19(11-6-16)23-13-1-2-14-23/h3-6,8-11H,1-2,7,12-14H2,(H,22,24). The highest BCUT2D eigenvalue weighted by Gasteiger charge is 2.12. The van der Waals surface area contributed by atoms with Crippen molar-refractivity contribution >= 4 is 17.3 Å². The largest absolute Gasteiger partial charge is 0.372 e. The van der Waals surface area contributed by atoms with Crippen molar-refractivity contribution in [1.82, 2.24) is 0 Å². The van der Waals surface area contributed by atoms with E-state index in [1.807, 2.05) is 0 Å². The Morgan fingerprint density at radius 1 is 1.04 bits per heavy atom. The summed E-state index contributed by atoms with van der Waals surface area (Å²) in [5, 5.41) is 11.6. The van der Waals surface area contributed by atoms with Crippen LogP contribution in [0.1, 0.15) is 30.4 Å². The lowest BCUT2D eigenvalue weighted by Crippen LogP contribution is -2.17. The second kappa shape index (κ2) is 7.65. The van der Waals surface area contributed by atoms with Crippen molar-refractivity contribution in [3.05, 3.63) is 59.7 Å². The Morgan fingerprint density at radius 2 is 1.71 bits per heavy atom. The highest BCUT2D eigenvalue weighted by molar-refractivity contribution is 5.90. The number of nitrogens with one attached hydrogen (secondary N) is 1. The molecule has 0 aromatic heterocycles. The fourth-order valence-corrected chi connectivity index (χ4v) is 2.96. The molecule has 122 valence electrons. The number of amides is 1. The molecule has 1 saturated heterocycles. The van der Waals surface area contributed by atoms with Gasteiger partial charge in [0.1, 0.15) is 0 Å². The zero-order valence-electron chi connectivity index (χ0n) is 13.7. The maximum absolute atomic E-state index is 12.0. The number of carbonyl (C=O) groups excluding carboxylic acids is 1. The van der Waals surface area contributed by atoms with Gasteiger partial charge in [0.05, 0.1) is 11.6 Å². The molecule has 1 heterocycles. The van der Waals surface area contributed by atoms with E-state index in [0.717, 1.165) is 25.2 Å². The number of hydrogen-bond donors (Lipinski definition) is 1. The number of hydrogen-bond acceptors (Lipinski definition) is 3. The molecule has 2 aromatic rings. The van der Waals surface area contributed by atoms with Gasteiger partial charge in [-0.25, -0.2) is 0 Å². The number of aryl methyl sites for hydroxylation is 1. The molecule has 4 heteroatoms. The molecular formula is C20H21N3O. The normalized spacial score (nSPS) is 13.5. The average molecular weight is 319 g/mol. The monoisotopic (exact) mass is 319 g/mol. The fraction of sp³-hybridized carbons (Fsp3) is 0.300. The van der Waals surface area contributed by atoms with E-state index < -0.39 is 0 Å². The number of rotatable bonds is 5. The minimum atomic E-state index is -0.0108. The average Bonchev–Trinajstić information content (AvgIpc) is 3.16. The third kappa shape index (κ3) is 4.14. The number of nitrogens with zero attached hydrogens (tertiary/aromatic N) is 2. The highest BCUT2D eigenvalue weighted by Crippen LogP contribution is 2.21. The Morgan fingerprint density at radius 3 is 2.33 bits per heavy atom. The fourth-order valence-electron chi connectivity index (χ4n) is 2.96.